The van der Waals surface area contributed by atoms with Crippen molar-refractivity contribution < 1.29 is 9.53 Å². The largest absolute Gasteiger partial charge is 0.492 e. The Morgan fingerprint density at radius 2 is 1.83 bits per heavy atom. The van der Waals surface area contributed by atoms with E-state index in [1.54, 1.807) is 0 Å². The molecule has 2 rings (SSSR count). The first kappa shape index (κ1) is 18.1. The molecule has 0 aliphatic heterocycles. The molecule has 0 aliphatic carbocycles. The fourth-order valence-electron chi connectivity index (χ4n) is 2.47. The summed E-state index contributed by atoms with van der Waals surface area (Å²) in [6.07, 6.45) is 0.743. The van der Waals surface area contributed by atoms with Gasteiger partial charge in [0.25, 0.3) is 0 Å². The molecule has 0 aromatic heterocycles. The van der Waals surface area contributed by atoms with Crippen LogP contribution in [0, 0.1) is 0 Å². The molecule has 0 saturated carbocycles. The Bertz CT molecular complexity index is 634. The molecule has 1 unspecified atom stereocenters. The first-order chi connectivity index (χ1) is 11.7. The number of halogens is 1. The quantitative estimate of drug-likeness (QED) is 0.675. The summed E-state index contributed by atoms with van der Waals surface area (Å²) in [7, 11) is 0. The Labute approximate surface area is 148 Å². The van der Waals surface area contributed by atoms with E-state index in [9.17, 15) is 4.79 Å². The van der Waals surface area contributed by atoms with Crippen LogP contribution in [-0.4, -0.2) is 24.9 Å². The van der Waals surface area contributed by atoms with E-state index in [1.807, 2.05) is 49.4 Å². The molecule has 1 atom stereocenters. The maximum Gasteiger partial charge on any atom is 0.234 e. The number of nitrogens with one attached hydrogen (secondary N) is 2. The SMILES string of the molecule is CCOc1ccccc1NC(CCNC(=O)CCl)c1ccccc1. The average Bonchev–Trinajstić information content (AvgIpc) is 2.63. The lowest BCUT2D eigenvalue weighted by Crippen LogP contribution is -2.27. The molecule has 0 spiro atoms. The van der Waals surface area contributed by atoms with Crippen LogP contribution in [0.15, 0.2) is 54.6 Å². The summed E-state index contributed by atoms with van der Waals surface area (Å²) in [6, 6.07) is 18.1. The van der Waals surface area contributed by atoms with Gasteiger partial charge in [0.1, 0.15) is 11.6 Å². The monoisotopic (exact) mass is 346 g/mol. The highest BCUT2D eigenvalue weighted by Gasteiger charge is 2.14. The molecule has 1 amide bonds. The third-order valence-electron chi connectivity index (χ3n) is 3.60. The molecule has 0 aliphatic rings. The van der Waals surface area contributed by atoms with Crippen molar-refractivity contribution in [3.8, 4) is 5.75 Å². The van der Waals surface area contributed by atoms with E-state index in [2.05, 4.69) is 22.8 Å². The van der Waals surface area contributed by atoms with Gasteiger partial charge in [-0.1, -0.05) is 42.5 Å². The first-order valence-electron chi connectivity index (χ1n) is 8.10. The van der Waals surface area contributed by atoms with Gasteiger partial charge < -0.3 is 15.4 Å². The van der Waals surface area contributed by atoms with E-state index >= 15 is 0 Å². The summed E-state index contributed by atoms with van der Waals surface area (Å²) < 4.78 is 5.68. The zero-order chi connectivity index (χ0) is 17.2. The Morgan fingerprint density at radius 1 is 1.12 bits per heavy atom. The predicted octanol–water partition coefficient (Wildman–Crippen LogP) is 3.98. The van der Waals surface area contributed by atoms with Crippen molar-refractivity contribution in [3.05, 3.63) is 60.2 Å². The second-order valence-electron chi connectivity index (χ2n) is 5.31. The number of anilines is 1. The minimum Gasteiger partial charge on any atom is -0.492 e. The Balaban J connectivity index is 2.12. The maximum atomic E-state index is 11.3. The summed E-state index contributed by atoms with van der Waals surface area (Å²) in [5, 5.41) is 6.35. The van der Waals surface area contributed by atoms with Crippen molar-refractivity contribution in [1.82, 2.24) is 5.32 Å². The van der Waals surface area contributed by atoms with Crippen molar-refractivity contribution in [3.63, 3.8) is 0 Å². The summed E-state index contributed by atoms with van der Waals surface area (Å²) in [4.78, 5) is 11.3. The van der Waals surface area contributed by atoms with Crippen LogP contribution in [0.4, 0.5) is 5.69 Å². The number of amides is 1. The van der Waals surface area contributed by atoms with Gasteiger partial charge in [0, 0.05) is 6.54 Å². The van der Waals surface area contributed by atoms with E-state index in [0.717, 1.165) is 23.4 Å². The number of para-hydroxylation sites is 2. The van der Waals surface area contributed by atoms with Gasteiger partial charge in [-0.15, -0.1) is 11.6 Å². The smallest absolute Gasteiger partial charge is 0.234 e. The van der Waals surface area contributed by atoms with Crippen LogP contribution in [-0.2, 0) is 4.79 Å². The molecule has 0 bridgehead atoms. The van der Waals surface area contributed by atoms with Gasteiger partial charge in [-0.25, -0.2) is 0 Å². The zero-order valence-corrected chi connectivity index (χ0v) is 14.6. The topological polar surface area (TPSA) is 50.4 Å². The number of ether oxygens (including phenoxy) is 1. The molecule has 0 fully saturated rings. The van der Waals surface area contributed by atoms with Crippen LogP contribution in [0.5, 0.6) is 5.75 Å². The molecule has 0 saturated heterocycles. The van der Waals surface area contributed by atoms with Gasteiger partial charge in [-0.3, -0.25) is 4.79 Å². The highest BCUT2D eigenvalue weighted by molar-refractivity contribution is 6.27. The molecule has 0 heterocycles. The normalized spacial score (nSPS) is 11.6. The number of hydrogen-bond acceptors (Lipinski definition) is 3. The van der Waals surface area contributed by atoms with Crippen molar-refractivity contribution in [2.75, 3.05) is 24.3 Å². The van der Waals surface area contributed by atoms with E-state index in [-0.39, 0.29) is 17.8 Å². The van der Waals surface area contributed by atoms with E-state index < -0.39 is 0 Å². The van der Waals surface area contributed by atoms with Crippen LogP contribution in [0.1, 0.15) is 24.9 Å². The molecular weight excluding hydrogens is 324 g/mol. The van der Waals surface area contributed by atoms with Gasteiger partial charge in [0.15, 0.2) is 0 Å². The number of rotatable bonds is 9. The molecule has 4 nitrogen and oxygen atoms in total. The van der Waals surface area contributed by atoms with Crippen molar-refractivity contribution in [1.29, 1.82) is 0 Å². The minimum absolute atomic E-state index is 0.0173. The summed E-state index contributed by atoms with van der Waals surface area (Å²) in [5.74, 6) is 0.653. The summed E-state index contributed by atoms with van der Waals surface area (Å²) >= 11 is 5.53. The van der Waals surface area contributed by atoms with Crippen molar-refractivity contribution in [2.24, 2.45) is 0 Å². The molecule has 128 valence electrons. The number of alkyl halides is 1. The second-order valence-corrected chi connectivity index (χ2v) is 5.58. The minimum atomic E-state index is -0.154. The molecule has 2 aromatic rings. The molecule has 2 aromatic carbocycles. The second kappa shape index (κ2) is 9.83. The van der Waals surface area contributed by atoms with Crippen LogP contribution >= 0.6 is 11.6 Å². The Morgan fingerprint density at radius 3 is 2.54 bits per heavy atom. The fraction of sp³-hybridized carbons (Fsp3) is 0.316. The van der Waals surface area contributed by atoms with Crippen molar-refractivity contribution >= 4 is 23.2 Å². The maximum absolute atomic E-state index is 11.3. The van der Waals surface area contributed by atoms with E-state index in [4.69, 9.17) is 16.3 Å². The molecule has 5 heteroatoms. The summed E-state index contributed by atoms with van der Waals surface area (Å²) in [6.45, 7) is 3.13. The highest BCUT2D eigenvalue weighted by atomic mass is 35.5. The van der Waals surface area contributed by atoms with Gasteiger partial charge in [-0.05, 0) is 31.0 Å². The van der Waals surface area contributed by atoms with Crippen LogP contribution < -0.4 is 15.4 Å². The Kier molecular flexibility index (Phi) is 7.43. The lowest BCUT2D eigenvalue weighted by molar-refractivity contribution is -0.118. The Hall–Kier alpha value is -2.20. The molecule has 0 radical (unpaired) electrons. The average molecular weight is 347 g/mol. The molecule has 24 heavy (non-hydrogen) atoms. The summed E-state index contributed by atoms with van der Waals surface area (Å²) in [5.41, 5.74) is 2.10. The van der Waals surface area contributed by atoms with Gasteiger partial charge in [-0.2, -0.15) is 0 Å². The number of carbonyl (C=O) groups is 1. The number of carbonyl (C=O) groups excluding carboxylic acids is 1. The zero-order valence-electron chi connectivity index (χ0n) is 13.8. The lowest BCUT2D eigenvalue weighted by atomic mass is 10.0. The first-order valence-corrected chi connectivity index (χ1v) is 8.64. The van der Waals surface area contributed by atoms with Crippen LogP contribution in [0.25, 0.3) is 0 Å². The molecule has 2 N–H and O–H groups in total. The van der Waals surface area contributed by atoms with E-state index in [1.165, 1.54) is 0 Å². The van der Waals surface area contributed by atoms with Crippen LogP contribution in [0.3, 0.4) is 0 Å². The predicted molar refractivity (Wildman–Crippen MR) is 98.8 cm³/mol. The lowest BCUT2D eigenvalue weighted by Gasteiger charge is -2.22. The van der Waals surface area contributed by atoms with Gasteiger partial charge in [0.05, 0.1) is 18.3 Å². The van der Waals surface area contributed by atoms with E-state index in [0.29, 0.717) is 13.2 Å². The third kappa shape index (κ3) is 5.46. The van der Waals surface area contributed by atoms with Gasteiger partial charge in [0.2, 0.25) is 5.91 Å². The van der Waals surface area contributed by atoms with Crippen molar-refractivity contribution in [2.45, 2.75) is 19.4 Å². The highest BCUT2D eigenvalue weighted by Crippen LogP contribution is 2.29. The van der Waals surface area contributed by atoms with Gasteiger partial charge >= 0.3 is 0 Å². The standard InChI is InChI=1S/C19H23ClN2O2/c1-2-24-18-11-7-6-10-17(18)22-16(12-13-21-19(23)14-20)15-8-4-3-5-9-15/h3-11,16,22H,2,12-14H2,1H3,(H,21,23). The number of benzene rings is 2. The number of hydrogen-bond donors (Lipinski definition) is 2. The van der Waals surface area contributed by atoms with Crippen LogP contribution in [0.2, 0.25) is 0 Å². The third-order valence-corrected chi connectivity index (χ3v) is 3.84. The molecular formula is C19H23ClN2O2. The fourth-order valence-corrected chi connectivity index (χ4v) is 2.56.